The quantitative estimate of drug-likeness (QED) is 0.788. The van der Waals surface area contributed by atoms with Crippen molar-refractivity contribution in [1.82, 2.24) is 19.5 Å². The first kappa shape index (κ1) is 11.4. The van der Waals surface area contributed by atoms with E-state index in [1.807, 2.05) is 25.5 Å². The Hall–Kier alpha value is -1.13. The van der Waals surface area contributed by atoms with Gasteiger partial charge in [-0.3, -0.25) is 0 Å². The van der Waals surface area contributed by atoms with Gasteiger partial charge in [0.15, 0.2) is 5.82 Å². The van der Waals surface area contributed by atoms with Gasteiger partial charge in [-0.15, -0.1) is 0 Å². The Morgan fingerprint density at radius 3 is 2.06 bits per heavy atom. The zero-order chi connectivity index (χ0) is 11.9. The van der Waals surface area contributed by atoms with Gasteiger partial charge >= 0.3 is 0 Å². The number of rotatable bonds is 1. The van der Waals surface area contributed by atoms with E-state index in [0.717, 1.165) is 17.0 Å². The molecule has 0 atom stereocenters. The average Bonchev–Trinajstić information content (AvgIpc) is 2.39. The third kappa shape index (κ3) is 1.90. The van der Waals surface area contributed by atoms with E-state index in [1.54, 1.807) is 0 Å². The van der Waals surface area contributed by atoms with Crippen LogP contribution in [0.4, 0.5) is 0 Å². The van der Waals surface area contributed by atoms with Crippen molar-refractivity contribution in [2.45, 2.75) is 13.8 Å². The minimum Gasteiger partial charge on any atom is -0.345 e. The van der Waals surface area contributed by atoms with E-state index in [9.17, 15) is 0 Å². The number of hydrogen-bond acceptors (Lipinski definition) is 3. The average molecular weight is 257 g/mol. The van der Waals surface area contributed by atoms with Crippen LogP contribution in [-0.4, -0.2) is 19.5 Å². The highest BCUT2D eigenvalue weighted by molar-refractivity contribution is 6.31. The fourth-order valence-corrected chi connectivity index (χ4v) is 2.04. The standard InChI is InChI=1S/C10H10Cl2N4/c1-5-4-6(2)16(3)7(5)8-13-9(11)15-10(12)14-8/h4H,1-3H3. The fraction of sp³-hybridized carbons (Fsp3) is 0.300. The summed E-state index contributed by atoms with van der Waals surface area (Å²) in [5.74, 6) is 0.498. The van der Waals surface area contributed by atoms with Crippen LogP contribution in [0.1, 0.15) is 11.3 Å². The Balaban J connectivity index is 2.67. The van der Waals surface area contributed by atoms with Crippen LogP contribution in [0.2, 0.25) is 10.6 Å². The Bertz CT molecular complexity index is 528. The molecule has 2 aromatic heterocycles. The van der Waals surface area contributed by atoms with Crippen molar-refractivity contribution in [2.75, 3.05) is 0 Å². The molecule has 2 rings (SSSR count). The van der Waals surface area contributed by atoms with E-state index in [2.05, 4.69) is 21.0 Å². The van der Waals surface area contributed by atoms with E-state index >= 15 is 0 Å². The summed E-state index contributed by atoms with van der Waals surface area (Å²) in [6, 6.07) is 2.06. The summed E-state index contributed by atoms with van der Waals surface area (Å²) in [7, 11) is 1.95. The molecule has 0 aromatic carbocycles. The maximum atomic E-state index is 5.76. The molecule has 0 aliphatic heterocycles. The predicted molar refractivity (Wildman–Crippen MR) is 63.7 cm³/mol. The van der Waals surface area contributed by atoms with Crippen LogP contribution in [0.15, 0.2) is 6.07 Å². The molecule has 16 heavy (non-hydrogen) atoms. The summed E-state index contributed by atoms with van der Waals surface area (Å²) >= 11 is 11.5. The van der Waals surface area contributed by atoms with Gasteiger partial charge in [0.25, 0.3) is 0 Å². The summed E-state index contributed by atoms with van der Waals surface area (Å²) in [5, 5.41) is 0.210. The molecule has 0 aliphatic carbocycles. The molecule has 0 spiro atoms. The number of aryl methyl sites for hydroxylation is 2. The minimum atomic E-state index is 0.105. The van der Waals surface area contributed by atoms with Gasteiger partial charge in [-0.1, -0.05) is 0 Å². The van der Waals surface area contributed by atoms with E-state index < -0.39 is 0 Å². The highest BCUT2D eigenvalue weighted by Gasteiger charge is 2.13. The maximum absolute atomic E-state index is 5.76. The Kier molecular flexibility index (Phi) is 2.86. The minimum absolute atomic E-state index is 0.105. The molecular weight excluding hydrogens is 247 g/mol. The van der Waals surface area contributed by atoms with Crippen molar-refractivity contribution in [1.29, 1.82) is 0 Å². The van der Waals surface area contributed by atoms with Crippen LogP contribution in [0.5, 0.6) is 0 Å². The molecule has 0 N–H and O–H groups in total. The topological polar surface area (TPSA) is 43.6 Å². The molecule has 2 heterocycles. The van der Waals surface area contributed by atoms with Gasteiger partial charge < -0.3 is 4.57 Å². The molecule has 0 amide bonds. The number of hydrogen-bond donors (Lipinski definition) is 0. The van der Waals surface area contributed by atoms with Crippen molar-refractivity contribution in [2.24, 2.45) is 7.05 Å². The monoisotopic (exact) mass is 256 g/mol. The molecular formula is C10H10Cl2N4. The highest BCUT2D eigenvalue weighted by Crippen LogP contribution is 2.24. The van der Waals surface area contributed by atoms with Crippen LogP contribution in [-0.2, 0) is 7.05 Å². The lowest BCUT2D eigenvalue weighted by molar-refractivity contribution is 0.873. The molecule has 4 nitrogen and oxygen atoms in total. The van der Waals surface area contributed by atoms with Crippen LogP contribution in [0.3, 0.4) is 0 Å². The first-order valence-corrected chi connectivity index (χ1v) is 5.45. The summed E-state index contributed by atoms with van der Waals surface area (Å²) in [4.78, 5) is 11.9. The van der Waals surface area contributed by atoms with E-state index in [1.165, 1.54) is 0 Å². The molecule has 0 aliphatic rings. The van der Waals surface area contributed by atoms with Crippen molar-refractivity contribution >= 4 is 23.2 Å². The molecule has 0 unspecified atom stereocenters. The normalized spacial score (nSPS) is 10.8. The largest absolute Gasteiger partial charge is 0.345 e. The Morgan fingerprint density at radius 1 is 1.06 bits per heavy atom. The van der Waals surface area contributed by atoms with Crippen LogP contribution < -0.4 is 0 Å². The SMILES string of the molecule is Cc1cc(C)n(C)c1-c1nc(Cl)nc(Cl)n1. The van der Waals surface area contributed by atoms with Crippen LogP contribution in [0, 0.1) is 13.8 Å². The molecule has 2 aromatic rings. The molecule has 0 fully saturated rings. The lowest BCUT2D eigenvalue weighted by atomic mass is 10.2. The third-order valence-electron chi connectivity index (χ3n) is 2.46. The first-order chi connectivity index (χ1) is 7.49. The molecule has 0 radical (unpaired) electrons. The van der Waals surface area contributed by atoms with Crippen molar-refractivity contribution in [3.63, 3.8) is 0 Å². The second-order valence-electron chi connectivity index (χ2n) is 3.57. The second kappa shape index (κ2) is 4.03. The van der Waals surface area contributed by atoms with Gasteiger partial charge in [0, 0.05) is 12.7 Å². The predicted octanol–water partition coefficient (Wildman–Crippen LogP) is 2.80. The van der Waals surface area contributed by atoms with Crippen LogP contribution >= 0.6 is 23.2 Å². The zero-order valence-electron chi connectivity index (χ0n) is 9.12. The molecule has 0 bridgehead atoms. The smallest absolute Gasteiger partial charge is 0.227 e. The Labute approximate surface area is 103 Å². The van der Waals surface area contributed by atoms with Gasteiger partial charge in [-0.2, -0.15) is 15.0 Å². The first-order valence-electron chi connectivity index (χ1n) is 4.69. The summed E-state index contributed by atoms with van der Waals surface area (Å²) in [6.45, 7) is 4.01. The molecule has 84 valence electrons. The fourth-order valence-electron chi connectivity index (χ4n) is 1.68. The van der Waals surface area contributed by atoms with Crippen LogP contribution in [0.25, 0.3) is 11.5 Å². The summed E-state index contributed by atoms with van der Waals surface area (Å²) in [6.07, 6.45) is 0. The Morgan fingerprint density at radius 2 is 1.62 bits per heavy atom. The highest BCUT2D eigenvalue weighted by atomic mass is 35.5. The van der Waals surface area contributed by atoms with E-state index in [4.69, 9.17) is 23.2 Å². The van der Waals surface area contributed by atoms with Gasteiger partial charge in [0.05, 0.1) is 5.69 Å². The molecule has 0 saturated heterocycles. The zero-order valence-corrected chi connectivity index (χ0v) is 10.6. The van der Waals surface area contributed by atoms with Crippen molar-refractivity contribution in [3.8, 4) is 11.5 Å². The molecule has 0 saturated carbocycles. The molecule has 6 heteroatoms. The third-order valence-corrected chi connectivity index (χ3v) is 2.79. The second-order valence-corrected chi connectivity index (χ2v) is 4.25. The van der Waals surface area contributed by atoms with Crippen molar-refractivity contribution < 1.29 is 0 Å². The van der Waals surface area contributed by atoms with Gasteiger partial charge in [-0.25, -0.2) is 0 Å². The number of nitrogens with zero attached hydrogens (tertiary/aromatic N) is 4. The number of halogens is 2. The van der Waals surface area contributed by atoms with Crippen molar-refractivity contribution in [3.05, 3.63) is 27.9 Å². The van der Waals surface area contributed by atoms with E-state index in [0.29, 0.717) is 5.82 Å². The van der Waals surface area contributed by atoms with Gasteiger partial charge in [-0.05, 0) is 48.7 Å². The number of aromatic nitrogens is 4. The maximum Gasteiger partial charge on any atom is 0.227 e. The van der Waals surface area contributed by atoms with Gasteiger partial charge in [0.1, 0.15) is 0 Å². The summed E-state index contributed by atoms with van der Waals surface area (Å²) in [5.41, 5.74) is 3.11. The van der Waals surface area contributed by atoms with E-state index in [-0.39, 0.29) is 10.6 Å². The summed E-state index contributed by atoms with van der Waals surface area (Å²) < 4.78 is 2.00. The van der Waals surface area contributed by atoms with Gasteiger partial charge in [0.2, 0.25) is 10.6 Å². The lowest BCUT2D eigenvalue weighted by Gasteiger charge is -2.05. The lowest BCUT2D eigenvalue weighted by Crippen LogP contribution is -2.00.